The molecule has 4 heterocycles. The number of thiocarbonyl (C=S) groups is 1. The first kappa shape index (κ1) is 37.5. The molecule has 2 aromatic rings. The number of carbonyl (C=O) groups excluding carboxylic acids is 3. The van der Waals surface area contributed by atoms with E-state index >= 15 is 0 Å². The number of quaternary nitrogens is 1. The lowest BCUT2D eigenvalue weighted by Gasteiger charge is -2.51. The number of hydrogen-bond donors (Lipinski definition) is 7. The maximum absolute atomic E-state index is 13.5. The maximum atomic E-state index is 13.5. The number of aliphatic carboxylic acids is 1. The van der Waals surface area contributed by atoms with Crippen molar-refractivity contribution < 1.29 is 49.2 Å². The fourth-order valence-corrected chi connectivity index (χ4v) is 8.38. The highest BCUT2D eigenvalue weighted by Gasteiger charge is 2.54. The monoisotopic (exact) mass is 769 g/mol. The van der Waals surface area contributed by atoms with Crippen LogP contribution >= 0.6 is 46.9 Å². The Kier molecular flexibility index (Phi) is 11.2. The fourth-order valence-electron chi connectivity index (χ4n) is 5.92. The van der Waals surface area contributed by atoms with Crippen LogP contribution in [0.3, 0.4) is 0 Å². The zero-order chi connectivity index (χ0) is 36.5. The molecule has 3 aliphatic rings. The van der Waals surface area contributed by atoms with Crippen LogP contribution in [0, 0.1) is 0 Å². The van der Waals surface area contributed by atoms with Crippen molar-refractivity contribution in [3.63, 3.8) is 0 Å². The van der Waals surface area contributed by atoms with Gasteiger partial charge in [-0.1, -0.05) is 29.0 Å². The SMILES string of the molecule is CC(C)(O/N=C(\C(=O)N[C@@H]1C(=O)N2C(C(=O)[O-])=C(C[N+]3(CCNC(=S)c4ccc(O)c(O)c4Cl)CCCC3)CS[C@H]12)c1csc(N)n1)C(O)O. The maximum Gasteiger partial charge on any atom is 0.276 e. The number of likely N-dealkylation sites (tertiary alicyclic amines) is 1. The van der Waals surface area contributed by atoms with Gasteiger partial charge in [-0.15, -0.1) is 23.1 Å². The number of nitrogens with zero attached hydrogens (tertiary/aromatic N) is 4. The molecule has 0 radical (unpaired) electrons. The Morgan fingerprint density at radius 3 is 2.62 bits per heavy atom. The van der Waals surface area contributed by atoms with Crippen LogP contribution in [-0.2, 0) is 19.2 Å². The van der Waals surface area contributed by atoms with Gasteiger partial charge in [0.1, 0.15) is 28.6 Å². The Bertz CT molecular complexity index is 1760. The molecule has 20 heteroatoms. The highest BCUT2D eigenvalue weighted by atomic mass is 35.5. The third-order valence-electron chi connectivity index (χ3n) is 8.75. The van der Waals surface area contributed by atoms with E-state index < -0.39 is 46.8 Å². The third kappa shape index (κ3) is 7.63. The minimum absolute atomic E-state index is 0.0324. The van der Waals surface area contributed by atoms with Crippen LogP contribution in [-0.4, -0.2) is 125 Å². The zero-order valence-corrected chi connectivity index (χ0v) is 30.1. The average Bonchev–Trinajstić information content (AvgIpc) is 3.71. The van der Waals surface area contributed by atoms with E-state index in [-0.39, 0.29) is 43.7 Å². The topological polar surface area (TPSA) is 243 Å². The van der Waals surface area contributed by atoms with Gasteiger partial charge in [0.05, 0.1) is 42.9 Å². The molecule has 0 spiro atoms. The van der Waals surface area contributed by atoms with E-state index in [9.17, 15) is 39.9 Å². The quantitative estimate of drug-likeness (QED) is 0.0261. The number of halogens is 1. The number of phenolic OH excluding ortho intramolecular Hbond substituents is 2. The number of aliphatic hydroxyl groups excluding tert-OH is 1. The summed E-state index contributed by atoms with van der Waals surface area (Å²) in [5, 5.41) is 61.7. The van der Waals surface area contributed by atoms with E-state index in [1.54, 1.807) is 0 Å². The zero-order valence-electron chi connectivity index (χ0n) is 26.9. The van der Waals surface area contributed by atoms with Crippen molar-refractivity contribution in [3.8, 4) is 11.5 Å². The number of thioether (sulfide) groups is 1. The second-order valence-corrected chi connectivity index (χ2v) is 15.4. The van der Waals surface area contributed by atoms with E-state index in [0.29, 0.717) is 35.3 Å². The lowest BCUT2D eigenvalue weighted by atomic mass is 10.0. The Morgan fingerprint density at radius 2 is 2.00 bits per heavy atom. The molecule has 0 bridgehead atoms. The second kappa shape index (κ2) is 14.9. The van der Waals surface area contributed by atoms with Gasteiger partial charge in [-0.3, -0.25) is 14.5 Å². The number of thiazole rings is 1. The number of aliphatic hydroxyl groups is 2. The number of phenols is 2. The number of hydrogen-bond acceptors (Lipinski definition) is 15. The molecule has 16 nitrogen and oxygen atoms in total. The molecule has 1 aromatic heterocycles. The van der Waals surface area contributed by atoms with Gasteiger partial charge in [0.25, 0.3) is 11.8 Å². The number of carbonyl (C=O) groups is 3. The number of aromatic nitrogens is 1. The normalized spacial score (nSPS) is 20.4. The van der Waals surface area contributed by atoms with Crippen molar-refractivity contribution >= 4 is 80.5 Å². The molecule has 5 rings (SSSR count). The number of fused-ring (bicyclic) bond motifs is 1. The molecular weight excluding hydrogens is 734 g/mol. The number of nitrogens with two attached hydrogens (primary N) is 1. The van der Waals surface area contributed by atoms with Gasteiger partial charge in [0.2, 0.25) is 0 Å². The predicted octanol–water partition coefficient (Wildman–Crippen LogP) is -0.420. The lowest BCUT2D eigenvalue weighted by Crippen LogP contribution is -2.72. The fraction of sp³-hybridized carbons (Fsp3) is 0.467. The number of anilines is 1. The van der Waals surface area contributed by atoms with Gasteiger partial charge in [-0.2, -0.15) is 0 Å². The van der Waals surface area contributed by atoms with Crippen LogP contribution in [0.4, 0.5) is 5.13 Å². The van der Waals surface area contributed by atoms with Crippen LogP contribution in [0.1, 0.15) is 37.9 Å². The van der Waals surface area contributed by atoms with Gasteiger partial charge in [-0.05, 0) is 26.0 Å². The lowest BCUT2D eigenvalue weighted by molar-refractivity contribution is -0.911. The molecule has 270 valence electrons. The number of nitrogens with one attached hydrogen (secondary N) is 2. The first-order chi connectivity index (χ1) is 23.5. The smallest absolute Gasteiger partial charge is 0.276 e. The molecule has 50 heavy (non-hydrogen) atoms. The van der Waals surface area contributed by atoms with Gasteiger partial charge >= 0.3 is 0 Å². The molecule has 2 atom stereocenters. The summed E-state index contributed by atoms with van der Waals surface area (Å²) in [6.07, 6.45) is -0.0824. The van der Waals surface area contributed by atoms with Crippen molar-refractivity contribution in [1.82, 2.24) is 20.5 Å². The molecule has 8 N–H and O–H groups in total. The van der Waals surface area contributed by atoms with Gasteiger partial charge in [0, 0.05) is 35.1 Å². The van der Waals surface area contributed by atoms with Gasteiger partial charge < -0.3 is 56.0 Å². The number of carboxylic acid groups (broad SMARTS) is 1. The van der Waals surface area contributed by atoms with E-state index in [0.717, 1.165) is 42.2 Å². The summed E-state index contributed by atoms with van der Waals surface area (Å²) >= 11 is 14.0. The molecule has 1 aromatic carbocycles. The summed E-state index contributed by atoms with van der Waals surface area (Å²) in [5.41, 5.74) is 4.49. The summed E-state index contributed by atoms with van der Waals surface area (Å²) in [5.74, 6) is -3.57. The summed E-state index contributed by atoms with van der Waals surface area (Å²) in [4.78, 5) is 50.1. The highest BCUT2D eigenvalue weighted by molar-refractivity contribution is 8.00. The molecule has 0 saturated carbocycles. The van der Waals surface area contributed by atoms with E-state index in [2.05, 4.69) is 20.8 Å². The Labute approximate surface area is 305 Å². The first-order valence-electron chi connectivity index (χ1n) is 15.4. The minimum atomic E-state index is -1.93. The summed E-state index contributed by atoms with van der Waals surface area (Å²) in [7, 11) is 0. The number of aromatic hydroxyl groups is 2. The number of oxime groups is 1. The van der Waals surface area contributed by atoms with Crippen molar-refractivity contribution in [2.24, 2.45) is 5.16 Å². The molecule has 2 amide bonds. The molecule has 0 unspecified atom stereocenters. The van der Waals surface area contributed by atoms with Gasteiger partial charge in [-0.25, -0.2) is 4.98 Å². The van der Waals surface area contributed by atoms with Crippen molar-refractivity contribution in [1.29, 1.82) is 0 Å². The van der Waals surface area contributed by atoms with Crippen LogP contribution in [0.2, 0.25) is 5.02 Å². The Morgan fingerprint density at radius 1 is 1.30 bits per heavy atom. The number of β-lactam (4-membered cyclic amide) rings is 1. The highest BCUT2D eigenvalue weighted by Crippen LogP contribution is 2.41. The predicted molar refractivity (Wildman–Crippen MR) is 187 cm³/mol. The Hall–Kier alpha value is -3.72. The molecular formula is C30H36ClN7O9S3. The van der Waals surface area contributed by atoms with E-state index in [1.807, 2.05) is 0 Å². The van der Waals surface area contributed by atoms with Gasteiger partial charge in [0.15, 0.2) is 34.2 Å². The molecule has 2 fully saturated rings. The first-order valence-corrected chi connectivity index (χ1v) is 18.1. The van der Waals surface area contributed by atoms with E-state index in [4.69, 9.17) is 34.4 Å². The third-order valence-corrected chi connectivity index (χ3v) is 11.5. The Balaban J connectivity index is 1.29. The van der Waals surface area contributed by atoms with Crippen LogP contribution in [0.5, 0.6) is 11.5 Å². The molecule has 2 saturated heterocycles. The summed E-state index contributed by atoms with van der Waals surface area (Å²) < 4.78 is 0.541. The number of benzene rings is 1. The second-order valence-electron chi connectivity index (χ2n) is 12.6. The average molecular weight is 770 g/mol. The summed E-state index contributed by atoms with van der Waals surface area (Å²) in [6.45, 7) is 5.55. The standard InChI is InChI=1S/C30H36ClN7O9S3/c1-30(2,28(45)46)47-36-19(16-13-50-29(32)34-16)23(41)35-20-25(42)37-21(27(43)44)14(12-49-26(20)37)11-38(8-3-4-9-38)10-7-33-24(48)15-5-6-17(39)22(40)18(15)31/h5-6,13,20,26,28,45-46H,3-4,7-12H2,1-2H3,(H6-,32,33,34,35,36,39,40,41,43,44,48)/t20-,26-/m1/s1. The number of nitrogen functional groups attached to an aromatic ring is 1. The molecule has 3 aliphatic heterocycles. The van der Waals surface area contributed by atoms with Crippen molar-refractivity contribution in [3.05, 3.63) is 45.1 Å². The van der Waals surface area contributed by atoms with Crippen LogP contribution in [0.15, 0.2) is 33.9 Å². The van der Waals surface area contributed by atoms with Crippen LogP contribution < -0.4 is 21.5 Å². The summed E-state index contributed by atoms with van der Waals surface area (Å²) in [6, 6.07) is 1.68. The molecule has 0 aliphatic carbocycles. The van der Waals surface area contributed by atoms with E-state index in [1.165, 1.54) is 43.1 Å². The largest absolute Gasteiger partial charge is 0.543 e. The number of amides is 2. The van der Waals surface area contributed by atoms with Crippen molar-refractivity contribution in [2.45, 2.75) is 50.0 Å². The minimum Gasteiger partial charge on any atom is -0.543 e. The van der Waals surface area contributed by atoms with Crippen LogP contribution in [0.25, 0.3) is 0 Å². The number of carboxylic acids is 1. The number of rotatable bonds is 13. The van der Waals surface area contributed by atoms with Crippen molar-refractivity contribution in [2.75, 3.05) is 44.2 Å².